The number of nitrogens with one attached hydrogen (secondary N) is 1. The summed E-state index contributed by atoms with van der Waals surface area (Å²) in [5.74, 6) is 0. The van der Waals surface area contributed by atoms with Gasteiger partial charge < -0.3 is 9.84 Å². The average Bonchev–Trinajstić information content (AvgIpc) is 2.77. The number of aliphatic hydroxyl groups excluding tert-OH is 1. The molecule has 19 heavy (non-hydrogen) atoms. The third-order valence-electron chi connectivity index (χ3n) is 2.77. The van der Waals surface area contributed by atoms with E-state index in [4.69, 9.17) is 15.4 Å². The normalized spacial score (nSPS) is 26.1. The highest BCUT2D eigenvalue weighted by atomic mass is 79.9. The van der Waals surface area contributed by atoms with Crippen molar-refractivity contribution in [2.24, 2.45) is 5.11 Å². The predicted molar refractivity (Wildman–Crippen MR) is 67.6 cm³/mol. The van der Waals surface area contributed by atoms with Gasteiger partial charge in [0.25, 0.3) is 5.56 Å². The number of H-pyrrole nitrogens is 1. The van der Waals surface area contributed by atoms with E-state index in [2.05, 4.69) is 30.9 Å². The molecule has 1 aliphatic rings. The minimum absolute atomic E-state index is 0.155. The molecule has 1 fully saturated rings. The van der Waals surface area contributed by atoms with Crippen LogP contribution in [0.4, 0.5) is 0 Å². The van der Waals surface area contributed by atoms with E-state index in [9.17, 15) is 9.59 Å². The van der Waals surface area contributed by atoms with Crippen molar-refractivity contribution in [3.63, 3.8) is 0 Å². The zero-order valence-electron chi connectivity index (χ0n) is 9.56. The van der Waals surface area contributed by atoms with Crippen LogP contribution < -0.4 is 11.2 Å². The van der Waals surface area contributed by atoms with Crippen LogP contribution in [0.3, 0.4) is 0 Å². The molecule has 1 saturated heterocycles. The highest BCUT2D eigenvalue weighted by Crippen LogP contribution is 2.30. The molecule has 0 radical (unpaired) electrons. The molecule has 2 heterocycles. The van der Waals surface area contributed by atoms with Gasteiger partial charge in [-0.2, -0.15) is 0 Å². The van der Waals surface area contributed by atoms with Crippen molar-refractivity contribution in [3.05, 3.63) is 42.0 Å². The van der Waals surface area contributed by atoms with E-state index in [1.165, 1.54) is 6.20 Å². The topological polar surface area (TPSA) is 133 Å². The Hall–Kier alpha value is -1.61. The molecule has 0 spiro atoms. The Morgan fingerprint density at radius 2 is 2.42 bits per heavy atom. The fraction of sp³-hybridized carbons (Fsp3) is 0.556. The Bertz CT molecular complexity index is 634. The third-order valence-corrected chi connectivity index (χ3v) is 3.33. The van der Waals surface area contributed by atoms with Gasteiger partial charge >= 0.3 is 5.69 Å². The molecule has 1 aromatic rings. The lowest BCUT2D eigenvalue weighted by molar-refractivity contribution is -0.0280. The second-order valence-corrected chi connectivity index (χ2v) is 4.84. The number of azide groups is 1. The summed E-state index contributed by atoms with van der Waals surface area (Å²) in [7, 11) is 0. The molecule has 0 aliphatic carbocycles. The van der Waals surface area contributed by atoms with Gasteiger partial charge in [-0.3, -0.25) is 14.3 Å². The molecule has 1 aliphatic heterocycles. The zero-order valence-corrected chi connectivity index (χ0v) is 11.1. The van der Waals surface area contributed by atoms with E-state index in [0.29, 0.717) is 6.42 Å². The van der Waals surface area contributed by atoms with Crippen molar-refractivity contribution in [2.45, 2.75) is 24.8 Å². The summed E-state index contributed by atoms with van der Waals surface area (Å²) < 4.78 is 6.72. The van der Waals surface area contributed by atoms with E-state index >= 15 is 0 Å². The van der Waals surface area contributed by atoms with Crippen LogP contribution in [-0.2, 0) is 4.74 Å². The predicted octanol–water partition coefficient (Wildman–Crippen LogP) is 0.258. The number of aromatic amines is 1. The SMILES string of the molecule is [N-]=[N+]=N[C@@H]1C[C@@H](CO)O[C@H]1n1cc(Br)c(=O)[nH]c1=O. The minimum atomic E-state index is -0.853. The largest absolute Gasteiger partial charge is 0.394 e. The quantitative estimate of drug-likeness (QED) is 0.466. The van der Waals surface area contributed by atoms with Crippen molar-refractivity contribution >= 4 is 15.9 Å². The first-order valence-electron chi connectivity index (χ1n) is 5.38. The standard InChI is InChI=1S/C9H10BrN5O4/c10-5-2-15(9(18)12-7(5)17)8-6(13-14-11)1-4(3-16)19-8/h2,4,6,8,16H,1,3H2,(H,12,17,18)/t4-,6+,8+/m0/s1. The van der Waals surface area contributed by atoms with Crippen LogP contribution in [0.5, 0.6) is 0 Å². The van der Waals surface area contributed by atoms with Gasteiger partial charge in [0.15, 0.2) is 0 Å². The Labute approximate surface area is 114 Å². The van der Waals surface area contributed by atoms with Gasteiger partial charge in [0.1, 0.15) is 6.23 Å². The fourth-order valence-corrected chi connectivity index (χ4v) is 2.24. The van der Waals surface area contributed by atoms with Crippen LogP contribution in [0, 0.1) is 0 Å². The smallest absolute Gasteiger partial charge is 0.330 e. The summed E-state index contributed by atoms with van der Waals surface area (Å²) in [5.41, 5.74) is 7.28. The fourth-order valence-electron chi connectivity index (χ4n) is 1.92. The number of aliphatic hydroxyl groups is 1. The number of hydrogen-bond donors (Lipinski definition) is 2. The Morgan fingerprint density at radius 3 is 3.05 bits per heavy atom. The molecule has 0 bridgehead atoms. The van der Waals surface area contributed by atoms with Crippen molar-refractivity contribution in [1.29, 1.82) is 0 Å². The Morgan fingerprint density at radius 1 is 1.68 bits per heavy atom. The van der Waals surface area contributed by atoms with Crippen molar-refractivity contribution in [2.75, 3.05) is 6.61 Å². The maximum Gasteiger partial charge on any atom is 0.330 e. The molecule has 9 nitrogen and oxygen atoms in total. The van der Waals surface area contributed by atoms with Crippen molar-refractivity contribution in [1.82, 2.24) is 9.55 Å². The number of nitrogens with zero attached hydrogens (tertiary/aromatic N) is 4. The number of halogens is 1. The van der Waals surface area contributed by atoms with Gasteiger partial charge in [-0.05, 0) is 27.9 Å². The van der Waals surface area contributed by atoms with Crippen LogP contribution in [-0.4, -0.2) is 33.4 Å². The van der Waals surface area contributed by atoms with E-state index in [1.54, 1.807) is 0 Å². The highest BCUT2D eigenvalue weighted by molar-refractivity contribution is 9.10. The van der Waals surface area contributed by atoms with E-state index in [0.717, 1.165) is 4.57 Å². The second-order valence-electron chi connectivity index (χ2n) is 3.98. The van der Waals surface area contributed by atoms with E-state index in [1.807, 2.05) is 0 Å². The van der Waals surface area contributed by atoms with Gasteiger partial charge in [0.2, 0.25) is 0 Å². The van der Waals surface area contributed by atoms with Gasteiger partial charge in [-0.15, -0.1) is 0 Å². The lowest BCUT2D eigenvalue weighted by atomic mass is 10.2. The first-order chi connectivity index (χ1) is 9.06. The second kappa shape index (κ2) is 5.57. The third kappa shape index (κ3) is 2.71. The van der Waals surface area contributed by atoms with Crippen LogP contribution in [0.15, 0.2) is 25.4 Å². The molecule has 0 amide bonds. The van der Waals surface area contributed by atoms with Gasteiger partial charge in [-0.1, -0.05) is 5.11 Å². The molecule has 1 aromatic heterocycles. The van der Waals surface area contributed by atoms with Crippen LogP contribution >= 0.6 is 15.9 Å². The van der Waals surface area contributed by atoms with Crippen molar-refractivity contribution in [3.8, 4) is 0 Å². The number of ether oxygens (including phenoxy) is 1. The van der Waals surface area contributed by atoms with Crippen LogP contribution in [0.1, 0.15) is 12.6 Å². The molecule has 2 N–H and O–H groups in total. The number of hydrogen-bond acceptors (Lipinski definition) is 5. The molecule has 10 heteroatoms. The minimum Gasteiger partial charge on any atom is -0.394 e. The lowest BCUT2D eigenvalue weighted by Gasteiger charge is -2.17. The first kappa shape index (κ1) is 13.8. The summed E-state index contributed by atoms with van der Waals surface area (Å²) in [4.78, 5) is 27.8. The van der Waals surface area contributed by atoms with E-state index in [-0.39, 0.29) is 11.1 Å². The maximum absolute atomic E-state index is 11.7. The Kier molecular flexibility index (Phi) is 4.05. The van der Waals surface area contributed by atoms with Gasteiger partial charge in [-0.25, -0.2) is 4.79 Å². The summed E-state index contributed by atoms with van der Waals surface area (Å²) in [6.45, 7) is -0.243. The molecule has 102 valence electrons. The molecule has 3 atom stereocenters. The summed E-state index contributed by atoms with van der Waals surface area (Å²) in [5, 5.41) is 12.6. The molecular weight excluding hydrogens is 322 g/mol. The van der Waals surface area contributed by atoms with Crippen LogP contribution in [0.25, 0.3) is 10.4 Å². The first-order valence-corrected chi connectivity index (χ1v) is 6.17. The zero-order chi connectivity index (χ0) is 14.0. The van der Waals surface area contributed by atoms with Crippen molar-refractivity contribution < 1.29 is 9.84 Å². The Balaban J connectivity index is 2.44. The highest BCUT2D eigenvalue weighted by Gasteiger charge is 2.36. The van der Waals surface area contributed by atoms with Gasteiger partial charge in [0, 0.05) is 11.1 Å². The molecule has 0 saturated carbocycles. The van der Waals surface area contributed by atoms with E-state index < -0.39 is 29.6 Å². The summed E-state index contributed by atoms with van der Waals surface area (Å²) in [6, 6.07) is -0.627. The number of rotatable bonds is 3. The lowest BCUT2D eigenvalue weighted by Crippen LogP contribution is -2.35. The van der Waals surface area contributed by atoms with Gasteiger partial charge in [0.05, 0.1) is 23.2 Å². The molecule has 0 aromatic carbocycles. The summed E-state index contributed by atoms with van der Waals surface area (Å²) in [6.07, 6.45) is 0.201. The number of aromatic nitrogens is 2. The van der Waals surface area contributed by atoms with Crippen LogP contribution in [0.2, 0.25) is 0 Å². The molecular formula is C9H10BrN5O4. The maximum atomic E-state index is 11.7. The monoisotopic (exact) mass is 331 g/mol. The average molecular weight is 332 g/mol. The molecule has 2 rings (SSSR count). The summed E-state index contributed by atoms with van der Waals surface area (Å²) >= 11 is 3.01. The molecule has 0 unspecified atom stereocenters.